The second-order valence-electron chi connectivity index (χ2n) is 4.67. The molecule has 0 N–H and O–H groups in total. The van der Waals surface area contributed by atoms with E-state index in [9.17, 15) is 16.8 Å². The summed E-state index contributed by atoms with van der Waals surface area (Å²) in [6, 6.07) is 0. The van der Waals surface area contributed by atoms with E-state index in [4.69, 9.17) is 34.8 Å². The minimum Gasteiger partial charge on any atom is -0.339 e. The Bertz CT molecular complexity index is 691. The van der Waals surface area contributed by atoms with E-state index >= 15 is 0 Å². The highest BCUT2D eigenvalue weighted by Crippen LogP contribution is 2.10. The summed E-state index contributed by atoms with van der Waals surface area (Å²) in [5.74, 6) is -0.766. The van der Waals surface area contributed by atoms with Gasteiger partial charge in [-0.25, -0.2) is 16.8 Å². The molecule has 137 valence electrons. The third-order valence-electron chi connectivity index (χ3n) is 2.89. The third-order valence-corrected chi connectivity index (χ3v) is 7.14. The number of alkyl halides is 2. The van der Waals surface area contributed by atoms with Crippen LogP contribution in [0.1, 0.15) is 0 Å². The third kappa shape index (κ3) is 8.11. The average Bonchev–Trinajstić information content (AvgIpc) is 2.47. The molecule has 1 radical (unpaired) electrons. The van der Waals surface area contributed by atoms with E-state index in [2.05, 4.69) is 21.3 Å². The van der Waals surface area contributed by atoms with E-state index in [-0.39, 0.29) is 59.1 Å². The fourth-order valence-electron chi connectivity index (χ4n) is 1.63. The number of nitrogens with zero attached hydrogens (tertiary/aromatic N) is 4. The van der Waals surface area contributed by atoms with Gasteiger partial charge in [0.2, 0.25) is 17.6 Å². The molecule has 0 saturated heterocycles. The molecular formula is C11H16Cl3N4O4S2. The van der Waals surface area contributed by atoms with E-state index in [0.717, 1.165) is 0 Å². The lowest BCUT2D eigenvalue weighted by Crippen LogP contribution is -2.36. The van der Waals surface area contributed by atoms with Crippen LogP contribution in [0.2, 0.25) is 5.28 Å². The minimum atomic E-state index is -3.37. The Hall–Kier alpha value is -0.420. The Balaban J connectivity index is 2.88. The van der Waals surface area contributed by atoms with Crippen molar-refractivity contribution in [2.45, 2.75) is 0 Å². The maximum atomic E-state index is 11.8. The molecule has 0 aliphatic heterocycles. The molecule has 0 fully saturated rings. The molecular weight excluding hydrogens is 423 g/mol. The van der Waals surface area contributed by atoms with Gasteiger partial charge in [0.05, 0.1) is 23.0 Å². The lowest BCUT2D eigenvalue weighted by Gasteiger charge is -2.22. The van der Waals surface area contributed by atoms with Crippen LogP contribution in [0.15, 0.2) is 0 Å². The van der Waals surface area contributed by atoms with Gasteiger partial charge < -0.3 is 4.90 Å². The van der Waals surface area contributed by atoms with Gasteiger partial charge in [-0.3, -0.25) is 0 Å². The quantitative estimate of drug-likeness (QED) is 0.458. The zero-order valence-corrected chi connectivity index (χ0v) is 16.4. The number of anilines is 1. The van der Waals surface area contributed by atoms with Crippen LogP contribution in [0.4, 0.5) is 5.95 Å². The smallest absolute Gasteiger partial charge is 0.230 e. The number of halogens is 3. The lowest BCUT2D eigenvalue weighted by atomic mass is 10.5. The van der Waals surface area contributed by atoms with Crippen molar-refractivity contribution in [3.8, 4) is 0 Å². The van der Waals surface area contributed by atoms with Crippen LogP contribution in [0.3, 0.4) is 0 Å². The summed E-state index contributed by atoms with van der Waals surface area (Å²) in [7, 11) is -6.73. The van der Waals surface area contributed by atoms with Crippen LogP contribution in [0, 0.1) is 6.33 Å². The van der Waals surface area contributed by atoms with E-state index < -0.39 is 19.7 Å². The van der Waals surface area contributed by atoms with E-state index in [1.165, 1.54) is 4.90 Å². The van der Waals surface area contributed by atoms with Crippen LogP contribution in [-0.2, 0) is 19.7 Å². The van der Waals surface area contributed by atoms with E-state index in [1.54, 1.807) is 0 Å². The molecule has 1 rings (SSSR count). The second-order valence-corrected chi connectivity index (χ2v) is 10.4. The van der Waals surface area contributed by atoms with Crippen molar-refractivity contribution in [1.82, 2.24) is 15.0 Å². The number of aromatic nitrogens is 3. The van der Waals surface area contributed by atoms with Gasteiger partial charge in [0.15, 0.2) is 19.7 Å². The van der Waals surface area contributed by atoms with Gasteiger partial charge in [-0.1, -0.05) is 0 Å². The molecule has 0 aliphatic carbocycles. The second kappa shape index (κ2) is 9.91. The van der Waals surface area contributed by atoms with Crippen LogP contribution < -0.4 is 4.90 Å². The molecule has 0 aromatic carbocycles. The van der Waals surface area contributed by atoms with Crippen molar-refractivity contribution >= 4 is 60.4 Å². The zero-order valence-electron chi connectivity index (χ0n) is 12.5. The summed E-state index contributed by atoms with van der Waals surface area (Å²) in [5, 5.41) is -0.128. The molecule has 0 aliphatic rings. The predicted molar refractivity (Wildman–Crippen MR) is 94.6 cm³/mol. The number of hydrogen-bond acceptors (Lipinski definition) is 8. The van der Waals surface area contributed by atoms with Gasteiger partial charge in [-0.05, 0) is 11.6 Å². The molecule has 1 aromatic rings. The molecule has 0 unspecified atom stereocenters. The van der Waals surface area contributed by atoms with Gasteiger partial charge >= 0.3 is 0 Å². The summed E-state index contributed by atoms with van der Waals surface area (Å²) < 4.78 is 47.2. The summed E-state index contributed by atoms with van der Waals surface area (Å²) in [5.41, 5.74) is 0. The van der Waals surface area contributed by atoms with Crippen LogP contribution in [-0.4, -0.2) is 79.6 Å². The first-order valence-corrected chi connectivity index (χ1v) is 11.8. The van der Waals surface area contributed by atoms with Crippen molar-refractivity contribution in [2.75, 3.05) is 52.8 Å². The molecule has 0 atom stereocenters. The monoisotopic (exact) mass is 437 g/mol. The molecule has 0 spiro atoms. The highest BCUT2D eigenvalue weighted by Gasteiger charge is 2.19. The Morgan fingerprint density at radius 1 is 0.875 bits per heavy atom. The van der Waals surface area contributed by atoms with Gasteiger partial charge in [0.25, 0.3) is 0 Å². The first-order valence-electron chi connectivity index (χ1n) is 6.74. The largest absolute Gasteiger partial charge is 0.339 e. The van der Waals surface area contributed by atoms with Crippen molar-refractivity contribution in [1.29, 1.82) is 0 Å². The van der Waals surface area contributed by atoms with Crippen LogP contribution in [0.25, 0.3) is 0 Å². The summed E-state index contributed by atoms with van der Waals surface area (Å²) in [6.45, 7) is -0.0202. The molecule has 1 aromatic heterocycles. The summed E-state index contributed by atoms with van der Waals surface area (Å²) in [4.78, 5) is 12.6. The SMILES string of the molecule is O=S(=O)(CCCl)CCN(CCS(=O)(=O)CCCl)c1n[c]nc(Cl)n1. The van der Waals surface area contributed by atoms with E-state index in [1.807, 2.05) is 0 Å². The molecule has 0 saturated carbocycles. The normalized spacial score (nSPS) is 12.3. The standard InChI is InChI=1S/C11H16Cl3N4O4S2/c12-1-5-23(19,20)7-3-18(4-8-24(21,22)6-2-13)11-16-9-15-10(14)17-11/h1-8H2. The van der Waals surface area contributed by atoms with Crippen molar-refractivity contribution in [2.24, 2.45) is 0 Å². The fraction of sp³-hybridized carbons (Fsp3) is 0.727. The first-order chi connectivity index (χ1) is 11.2. The van der Waals surface area contributed by atoms with Gasteiger partial charge in [-0.2, -0.15) is 15.0 Å². The summed E-state index contributed by atoms with van der Waals surface area (Å²) in [6.07, 6.45) is 2.28. The van der Waals surface area contributed by atoms with Gasteiger partial charge in [-0.15, -0.1) is 23.2 Å². The van der Waals surface area contributed by atoms with Crippen molar-refractivity contribution in [3.05, 3.63) is 11.6 Å². The van der Waals surface area contributed by atoms with Crippen LogP contribution >= 0.6 is 34.8 Å². The van der Waals surface area contributed by atoms with Gasteiger partial charge in [0, 0.05) is 24.8 Å². The fourth-order valence-corrected chi connectivity index (χ4v) is 5.03. The molecule has 1 heterocycles. The topological polar surface area (TPSA) is 110 Å². The summed E-state index contributed by atoms with van der Waals surface area (Å²) >= 11 is 16.6. The first kappa shape index (κ1) is 21.6. The van der Waals surface area contributed by atoms with Crippen molar-refractivity contribution < 1.29 is 16.8 Å². The minimum absolute atomic E-state index is 0.0101. The number of hydrogen-bond donors (Lipinski definition) is 0. The predicted octanol–water partition coefficient (Wildman–Crippen LogP) is 0.439. The Morgan fingerprint density at radius 3 is 1.79 bits per heavy atom. The maximum Gasteiger partial charge on any atom is 0.230 e. The zero-order chi connectivity index (χ0) is 18.2. The van der Waals surface area contributed by atoms with E-state index in [0.29, 0.717) is 0 Å². The molecule has 0 amide bonds. The Morgan fingerprint density at radius 2 is 1.38 bits per heavy atom. The van der Waals surface area contributed by atoms with Gasteiger partial charge in [0.1, 0.15) is 0 Å². The molecule has 8 nitrogen and oxygen atoms in total. The average molecular weight is 439 g/mol. The van der Waals surface area contributed by atoms with Crippen LogP contribution in [0.5, 0.6) is 0 Å². The molecule has 0 bridgehead atoms. The Kier molecular flexibility index (Phi) is 8.93. The maximum absolute atomic E-state index is 11.8. The molecule has 13 heteroatoms. The highest BCUT2D eigenvalue weighted by atomic mass is 35.5. The lowest BCUT2D eigenvalue weighted by molar-refractivity contribution is 0.594. The Labute approximate surface area is 156 Å². The number of sulfone groups is 2. The highest BCUT2D eigenvalue weighted by molar-refractivity contribution is 7.91. The molecule has 24 heavy (non-hydrogen) atoms. The van der Waals surface area contributed by atoms with Crippen molar-refractivity contribution in [3.63, 3.8) is 0 Å². The number of rotatable bonds is 11.